The number of nitrogens with zero attached hydrogens (tertiary/aromatic N) is 1. The first kappa shape index (κ1) is 30.0. The van der Waals surface area contributed by atoms with E-state index in [1.807, 2.05) is 65.0 Å². The van der Waals surface area contributed by atoms with Gasteiger partial charge in [-0.05, 0) is 76.6 Å². The molecule has 0 aliphatic heterocycles. The second kappa shape index (κ2) is 15.8. The lowest BCUT2D eigenvalue weighted by molar-refractivity contribution is -0.139. The van der Waals surface area contributed by atoms with Crippen molar-refractivity contribution in [2.45, 2.75) is 85.2 Å². The molecule has 0 fully saturated rings. The molecule has 0 aliphatic carbocycles. The van der Waals surface area contributed by atoms with Gasteiger partial charge in [-0.15, -0.1) is 0 Å². The van der Waals surface area contributed by atoms with E-state index in [-0.39, 0.29) is 12.1 Å². The molecule has 37 heavy (non-hydrogen) atoms. The van der Waals surface area contributed by atoms with Crippen molar-refractivity contribution in [3.8, 4) is 11.5 Å². The summed E-state index contributed by atoms with van der Waals surface area (Å²) in [5.41, 5.74) is 3.07. The Morgan fingerprint density at radius 2 is 1.59 bits per heavy atom. The van der Waals surface area contributed by atoms with Gasteiger partial charge in [0.05, 0.1) is 19.3 Å². The number of benzene rings is 2. The van der Waals surface area contributed by atoms with Gasteiger partial charge in [0, 0.05) is 12.1 Å². The number of unbranched alkanes of at least 4 members (excludes halogenated alkanes) is 2. The Labute approximate surface area is 222 Å². The van der Waals surface area contributed by atoms with Crippen LogP contribution in [0.3, 0.4) is 0 Å². The van der Waals surface area contributed by atoms with E-state index in [1.165, 1.54) is 5.56 Å². The Hall–Kier alpha value is -3.22. The minimum absolute atomic E-state index is 0.309. The molecule has 2 atom stereocenters. The summed E-state index contributed by atoms with van der Waals surface area (Å²) in [7, 11) is 0. The first-order chi connectivity index (χ1) is 17.8. The highest BCUT2D eigenvalue weighted by molar-refractivity contribution is 5.82. The van der Waals surface area contributed by atoms with Gasteiger partial charge in [0.25, 0.3) is 0 Å². The Balaban J connectivity index is 2.28. The fraction of sp³-hybridized carbons (Fsp3) is 0.533. The van der Waals surface area contributed by atoms with E-state index in [9.17, 15) is 14.7 Å². The van der Waals surface area contributed by atoms with Crippen molar-refractivity contribution in [3.63, 3.8) is 0 Å². The lowest BCUT2D eigenvalue weighted by atomic mass is 10.0. The second-order valence-electron chi connectivity index (χ2n) is 9.30. The number of hydrogen-bond acceptors (Lipinski definition) is 4. The fourth-order valence-corrected chi connectivity index (χ4v) is 4.34. The molecule has 0 heterocycles. The zero-order valence-corrected chi connectivity index (χ0v) is 23.1. The molecule has 2 aromatic carbocycles. The van der Waals surface area contributed by atoms with Crippen molar-refractivity contribution in [1.29, 1.82) is 0 Å². The third kappa shape index (κ3) is 9.30. The summed E-state index contributed by atoms with van der Waals surface area (Å²) < 4.78 is 11.7. The van der Waals surface area contributed by atoms with Gasteiger partial charge in [0.15, 0.2) is 0 Å². The first-order valence-electron chi connectivity index (χ1n) is 13.6. The number of hydrogen-bond donors (Lipinski definition) is 2. The third-order valence-corrected chi connectivity index (χ3v) is 6.54. The Kier molecular flexibility index (Phi) is 12.8. The molecule has 0 saturated heterocycles. The van der Waals surface area contributed by atoms with Crippen LogP contribution in [-0.4, -0.2) is 47.8 Å². The van der Waals surface area contributed by atoms with Gasteiger partial charge >= 0.3 is 12.0 Å². The van der Waals surface area contributed by atoms with Gasteiger partial charge < -0.3 is 24.8 Å². The number of amides is 2. The van der Waals surface area contributed by atoms with Gasteiger partial charge in [-0.3, -0.25) is 0 Å². The topological polar surface area (TPSA) is 88.1 Å². The van der Waals surface area contributed by atoms with Gasteiger partial charge in [-0.25, -0.2) is 9.59 Å². The van der Waals surface area contributed by atoms with Crippen molar-refractivity contribution >= 4 is 12.0 Å². The number of aryl methyl sites for hydroxylation is 1. The molecule has 0 aromatic heterocycles. The minimum atomic E-state index is -1.01. The molecule has 0 bridgehead atoms. The summed E-state index contributed by atoms with van der Waals surface area (Å²) in [4.78, 5) is 27.0. The summed E-state index contributed by atoms with van der Waals surface area (Å²) in [5, 5.41) is 12.5. The smallest absolute Gasteiger partial charge is 0.326 e. The normalized spacial score (nSPS) is 12.5. The number of carbonyl (C=O) groups excluding carboxylic acids is 1. The van der Waals surface area contributed by atoms with Gasteiger partial charge in [-0.2, -0.15) is 0 Å². The standard InChI is InChI=1S/C30H44N2O5/c1-6-9-18-26(29(33)34)31-30(35)32(19-14-13-17-24-15-11-10-12-16-24)23(5)25-20-27(36-7-2)22(4)28(21-25)37-8-3/h10-12,15-16,20-21,23,26H,6-9,13-14,17-19H2,1-5H3,(H,31,35)(H,33,34)/t23-,26?/m1/s1. The van der Waals surface area contributed by atoms with Crippen molar-refractivity contribution in [2.24, 2.45) is 0 Å². The van der Waals surface area contributed by atoms with E-state index >= 15 is 0 Å². The van der Waals surface area contributed by atoms with Gasteiger partial charge in [0.1, 0.15) is 17.5 Å². The van der Waals surface area contributed by atoms with Crippen LogP contribution in [0.4, 0.5) is 4.79 Å². The quantitative estimate of drug-likeness (QED) is 0.250. The maximum Gasteiger partial charge on any atom is 0.326 e. The van der Waals surface area contributed by atoms with E-state index in [4.69, 9.17) is 9.47 Å². The molecule has 7 heteroatoms. The molecule has 0 aliphatic rings. The Morgan fingerprint density at radius 3 is 2.14 bits per heavy atom. The molecule has 2 N–H and O–H groups in total. The number of rotatable bonds is 16. The van der Waals surface area contributed by atoms with Gasteiger partial charge in [0.2, 0.25) is 0 Å². The number of ether oxygens (including phenoxy) is 2. The number of carboxylic acids is 1. The molecule has 0 spiro atoms. The molecule has 0 saturated carbocycles. The minimum Gasteiger partial charge on any atom is -0.493 e. The molecule has 1 unspecified atom stereocenters. The van der Waals surface area contributed by atoms with Crippen LogP contribution in [0.15, 0.2) is 42.5 Å². The number of carbonyl (C=O) groups is 2. The zero-order chi connectivity index (χ0) is 27.2. The third-order valence-electron chi connectivity index (χ3n) is 6.54. The summed E-state index contributed by atoms with van der Waals surface area (Å²) in [6.07, 6.45) is 4.64. The predicted octanol–water partition coefficient (Wildman–Crippen LogP) is 6.53. The lowest BCUT2D eigenvalue weighted by Gasteiger charge is -2.32. The zero-order valence-electron chi connectivity index (χ0n) is 23.1. The van der Waals surface area contributed by atoms with E-state index in [1.54, 1.807) is 4.90 Å². The summed E-state index contributed by atoms with van der Waals surface area (Å²) in [5.74, 6) is 0.447. The Bertz CT molecular complexity index is 952. The van der Waals surface area contributed by atoms with Crippen LogP contribution in [0.1, 0.15) is 82.5 Å². The van der Waals surface area contributed by atoms with Crippen LogP contribution in [0.25, 0.3) is 0 Å². The van der Waals surface area contributed by atoms with Crippen LogP contribution in [0.5, 0.6) is 11.5 Å². The number of urea groups is 1. The van der Waals surface area contributed by atoms with Crippen LogP contribution < -0.4 is 14.8 Å². The number of carboxylic acid groups (broad SMARTS) is 1. The average molecular weight is 513 g/mol. The largest absolute Gasteiger partial charge is 0.493 e. The first-order valence-corrected chi connectivity index (χ1v) is 13.6. The van der Waals surface area contributed by atoms with Crippen LogP contribution in [0.2, 0.25) is 0 Å². The van der Waals surface area contributed by atoms with Crippen LogP contribution in [0, 0.1) is 6.92 Å². The summed E-state index contributed by atoms with van der Waals surface area (Å²) in [6.45, 7) is 11.3. The van der Waals surface area contributed by atoms with Crippen molar-refractivity contribution in [2.75, 3.05) is 19.8 Å². The average Bonchev–Trinajstić information content (AvgIpc) is 2.89. The molecule has 2 amide bonds. The lowest BCUT2D eigenvalue weighted by Crippen LogP contribution is -2.49. The second-order valence-corrected chi connectivity index (χ2v) is 9.30. The molecule has 0 radical (unpaired) electrons. The molecule has 204 valence electrons. The van der Waals surface area contributed by atoms with Crippen molar-refractivity contribution < 1.29 is 24.2 Å². The maximum atomic E-state index is 13.5. The monoisotopic (exact) mass is 512 g/mol. The van der Waals surface area contributed by atoms with Crippen LogP contribution in [-0.2, 0) is 11.2 Å². The maximum absolute atomic E-state index is 13.5. The fourth-order valence-electron chi connectivity index (χ4n) is 4.34. The molecule has 7 nitrogen and oxygen atoms in total. The van der Waals surface area contributed by atoms with E-state index < -0.39 is 12.0 Å². The van der Waals surface area contributed by atoms with E-state index in [2.05, 4.69) is 17.4 Å². The SMILES string of the molecule is CCCCC(NC(=O)N(CCCCc1ccccc1)[C@H](C)c1cc(OCC)c(C)c(OCC)c1)C(=O)O. The number of nitrogens with one attached hydrogen (secondary N) is 1. The highest BCUT2D eigenvalue weighted by Crippen LogP contribution is 2.34. The Morgan fingerprint density at radius 1 is 0.973 bits per heavy atom. The highest BCUT2D eigenvalue weighted by atomic mass is 16.5. The van der Waals surface area contributed by atoms with Gasteiger partial charge in [-0.1, -0.05) is 50.1 Å². The highest BCUT2D eigenvalue weighted by Gasteiger charge is 2.27. The van der Waals surface area contributed by atoms with Crippen LogP contribution >= 0.6 is 0 Å². The van der Waals surface area contributed by atoms with Crippen molar-refractivity contribution in [3.05, 3.63) is 59.2 Å². The molecular formula is C30H44N2O5. The van der Waals surface area contributed by atoms with E-state index in [0.29, 0.717) is 26.2 Å². The number of aliphatic carboxylic acids is 1. The molecule has 2 aromatic rings. The van der Waals surface area contributed by atoms with Crippen molar-refractivity contribution in [1.82, 2.24) is 10.2 Å². The molecular weight excluding hydrogens is 468 g/mol. The summed E-state index contributed by atoms with van der Waals surface area (Å²) in [6, 6.07) is 12.6. The molecule has 2 rings (SSSR count). The predicted molar refractivity (Wildman–Crippen MR) is 147 cm³/mol. The summed E-state index contributed by atoms with van der Waals surface area (Å²) >= 11 is 0. The van der Waals surface area contributed by atoms with E-state index in [0.717, 1.165) is 54.7 Å².